The molecule has 0 aliphatic heterocycles. The fraction of sp³-hybridized carbons (Fsp3) is 0.263. The maximum absolute atomic E-state index is 6.12. The van der Waals surface area contributed by atoms with E-state index in [9.17, 15) is 0 Å². The van der Waals surface area contributed by atoms with Crippen molar-refractivity contribution in [2.45, 2.75) is 18.6 Å². The van der Waals surface area contributed by atoms with Crippen LogP contribution in [0.1, 0.15) is 6.92 Å². The molecule has 0 radical (unpaired) electrons. The largest absolute Gasteiger partial charge is 0.496 e. The molecule has 0 spiro atoms. The van der Waals surface area contributed by atoms with Crippen molar-refractivity contribution in [3.63, 3.8) is 0 Å². The van der Waals surface area contributed by atoms with Crippen LogP contribution in [0.15, 0.2) is 47.6 Å². The summed E-state index contributed by atoms with van der Waals surface area (Å²) in [5, 5.41) is 10.6. The van der Waals surface area contributed by atoms with Crippen LogP contribution in [0, 0.1) is 0 Å². The van der Waals surface area contributed by atoms with E-state index in [0.717, 1.165) is 28.8 Å². The molecule has 27 heavy (non-hydrogen) atoms. The van der Waals surface area contributed by atoms with Crippen molar-refractivity contribution in [1.29, 1.82) is 0 Å². The second-order valence-electron chi connectivity index (χ2n) is 5.52. The molecule has 1 aromatic heterocycles. The number of rotatable bonds is 8. The van der Waals surface area contributed by atoms with Crippen molar-refractivity contribution < 1.29 is 9.47 Å². The molecule has 5 nitrogen and oxygen atoms in total. The normalized spacial score (nSPS) is 10.8. The van der Waals surface area contributed by atoms with Gasteiger partial charge in [0, 0.05) is 17.3 Å². The van der Waals surface area contributed by atoms with E-state index in [1.165, 1.54) is 0 Å². The number of nitrogens with zero attached hydrogens (tertiary/aromatic N) is 3. The molecule has 0 aliphatic rings. The number of ether oxygens (including phenoxy) is 2. The minimum atomic E-state index is 0.493. The number of halogens is 2. The van der Waals surface area contributed by atoms with Crippen LogP contribution in [0.2, 0.25) is 10.0 Å². The highest BCUT2D eigenvalue weighted by Gasteiger charge is 2.16. The summed E-state index contributed by atoms with van der Waals surface area (Å²) in [4.78, 5) is 0. The third-order valence-electron chi connectivity index (χ3n) is 3.85. The van der Waals surface area contributed by atoms with Crippen molar-refractivity contribution in [2.24, 2.45) is 0 Å². The molecule has 0 aliphatic carbocycles. The van der Waals surface area contributed by atoms with Crippen molar-refractivity contribution in [3.8, 4) is 22.9 Å². The van der Waals surface area contributed by atoms with Crippen molar-refractivity contribution >= 4 is 35.0 Å². The number of para-hydroxylation sites is 1. The minimum Gasteiger partial charge on any atom is -0.496 e. The summed E-state index contributed by atoms with van der Waals surface area (Å²) in [6.45, 7) is 3.31. The lowest BCUT2D eigenvalue weighted by atomic mass is 10.2. The van der Waals surface area contributed by atoms with Gasteiger partial charge in [-0.1, -0.05) is 47.1 Å². The van der Waals surface area contributed by atoms with Gasteiger partial charge in [-0.2, -0.15) is 0 Å². The van der Waals surface area contributed by atoms with Gasteiger partial charge in [-0.15, -0.1) is 10.2 Å². The molecule has 0 unspecified atom stereocenters. The molecule has 8 heteroatoms. The van der Waals surface area contributed by atoms with Crippen molar-refractivity contribution in [1.82, 2.24) is 14.8 Å². The van der Waals surface area contributed by atoms with E-state index in [-0.39, 0.29) is 0 Å². The predicted molar refractivity (Wildman–Crippen MR) is 110 cm³/mol. The summed E-state index contributed by atoms with van der Waals surface area (Å²) >= 11 is 13.6. The Balaban J connectivity index is 1.67. The quantitative estimate of drug-likeness (QED) is 0.356. The Hall–Kier alpha value is -1.89. The number of hydrogen-bond acceptors (Lipinski definition) is 5. The van der Waals surface area contributed by atoms with E-state index < -0.39 is 0 Å². The van der Waals surface area contributed by atoms with Crippen LogP contribution in [0.25, 0.3) is 11.4 Å². The molecular formula is C19H19Cl2N3O2S. The highest BCUT2D eigenvalue weighted by atomic mass is 35.5. The SMILES string of the molecule is CCn1c(SCCOc2ccc(Cl)cc2Cl)nnc1-c1ccccc1OC. The minimum absolute atomic E-state index is 0.493. The number of aromatic nitrogens is 3. The third kappa shape index (κ3) is 4.69. The van der Waals surface area contributed by atoms with Gasteiger partial charge in [0.1, 0.15) is 11.5 Å². The lowest BCUT2D eigenvalue weighted by Gasteiger charge is -2.11. The first-order valence-corrected chi connectivity index (χ1v) is 10.2. The molecule has 0 saturated heterocycles. The van der Waals surface area contributed by atoms with Gasteiger partial charge in [-0.3, -0.25) is 0 Å². The van der Waals surface area contributed by atoms with Gasteiger partial charge in [-0.05, 0) is 37.3 Å². The third-order valence-corrected chi connectivity index (χ3v) is 5.31. The zero-order chi connectivity index (χ0) is 19.2. The van der Waals surface area contributed by atoms with Crippen LogP contribution >= 0.6 is 35.0 Å². The average molecular weight is 424 g/mol. The Morgan fingerprint density at radius 2 is 1.89 bits per heavy atom. The average Bonchev–Trinajstić information content (AvgIpc) is 3.09. The Bertz CT molecular complexity index is 918. The summed E-state index contributed by atoms with van der Waals surface area (Å²) in [6, 6.07) is 13.0. The van der Waals surface area contributed by atoms with E-state index in [1.54, 1.807) is 37.1 Å². The lowest BCUT2D eigenvalue weighted by Crippen LogP contribution is -2.04. The molecule has 0 bridgehead atoms. The molecule has 3 aromatic rings. The molecule has 1 heterocycles. The van der Waals surface area contributed by atoms with E-state index in [2.05, 4.69) is 21.7 Å². The highest BCUT2D eigenvalue weighted by molar-refractivity contribution is 7.99. The summed E-state index contributed by atoms with van der Waals surface area (Å²) in [5.41, 5.74) is 0.922. The maximum Gasteiger partial charge on any atom is 0.191 e. The monoisotopic (exact) mass is 423 g/mol. The van der Waals surface area contributed by atoms with Crippen LogP contribution in [0.3, 0.4) is 0 Å². The van der Waals surface area contributed by atoms with Gasteiger partial charge in [-0.25, -0.2) is 0 Å². The molecule has 0 fully saturated rings. The van der Waals surface area contributed by atoms with Crippen LogP contribution in [0.4, 0.5) is 0 Å². The Morgan fingerprint density at radius 1 is 1.07 bits per heavy atom. The summed E-state index contributed by atoms with van der Waals surface area (Å²) in [6.07, 6.45) is 0. The summed E-state index contributed by atoms with van der Waals surface area (Å²) < 4.78 is 13.2. The lowest BCUT2D eigenvalue weighted by molar-refractivity contribution is 0.344. The second-order valence-corrected chi connectivity index (χ2v) is 7.43. The van der Waals surface area contributed by atoms with Crippen LogP contribution in [-0.2, 0) is 6.54 Å². The number of benzene rings is 2. The number of methoxy groups -OCH3 is 1. The number of thioether (sulfide) groups is 1. The standard InChI is InChI=1S/C19H19Cl2N3O2S/c1-3-24-18(14-6-4-5-7-16(14)25-2)22-23-19(24)27-11-10-26-17-9-8-13(20)12-15(17)21/h4-9,12H,3,10-11H2,1-2H3. The van der Waals surface area contributed by atoms with E-state index in [1.807, 2.05) is 24.3 Å². The summed E-state index contributed by atoms with van der Waals surface area (Å²) in [7, 11) is 1.65. The number of hydrogen-bond donors (Lipinski definition) is 0. The molecule has 0 atom stereocenters. The van der Waals surface area contributed by atoms with E-state index in [4.69, 9.17) is 32.7 Å². The maximum atomic E-state index is 6.12. The van der Waals surface area contributed by atoms with Gasteiger partial charge < -0.3 is 14.0 Å². The smallest absolute Gasteiger partial charge is 0.191 e. The topological polar surface area (TPSA) is 49.2 Å². The Labute approximate surface area is 172 Å². The van der Waals surface area contributed by atoms with Crippen LogP contribution in [-0.4, -0.2) is 34.2 Å². The molecule has 2 aromatic carbocycles. The van der Waals surface area contributed by atoms with E-state index >= 15 is 0 Å². The molecule has 3 rings (SSSR count). The molecule has 0 saturated carbocycles. The van der Waals surface area contributed by atoms with Gasteiger partial charge in [0.2, 0.25) is 0 Å². The van der Waals surface area contributed by atoms with Crippen LogP contribution in [0.5, 0.6) is 11.5 Å². The second kappa shape index (κ2) is 9.35. The first-order chi connectivity index (χ1) is 13.1. The molecular weight excluding hydrogens is 405 g/mol. The fourth-order valence-corrected chi connectivity index (χ4v) is 3.87. The highest BCUT2D eigenvalue weighted by Crippen LogP contribution is 2.31. The van der Waals surface area contributed by atoms with Gasteiger partial charge in [0.15, 0.2) is 11.0 Å². The van der Waals surface area contributed by atoms with E-state index in [0.29, 0.717) is 28.2 Å². The first kappa shape index (κ1) is 19.9. The van der Waals surface area contributed by atoms with Gasteiger partial charge in [0.05, 0.1) is 24.3 Å². The molecule has 142 valence electrons. The van der Waals surface area contributed by atoms with Crippen LogP contribution < -0.4 is 9.47 Å². The Kier molecular flexibility index (Phi) is 6.88. The molecule has 0 amide bonds. The first-order valence-electron chi connectivity index (χ1n) is 8.41. The van der Waals surface area contributed by atoms with Gasteiger partial charge in [0.25, 0.3) is 0 Å². The predicted octanol–water partition coefficient (Wildman–Crippen LogP) is 5.45. The van der Waals surface area contributed by atoms with Crippen molar-refractivity contribution in [2.75, 3.05) is 19.5 Å². The molecule has 0 N–H and O–H groups in total. The van der Waals surface area contributed by atoms with Crippen molar-refractivity contribution in [3.05, 3.63) is 52.5 Å². The summed E-state index contributed by atoms with van der Waals surface area (Å²) in [5.74, 6) is 2.90. The Morgan fingerprint density at radius 3 is 2.63 bits per heavy atom. The van der Waals surface area contributed by atoms with Gasteiger partial charge >= 0.3 is 0 Å². The zero-order valence-corrected chi connectivity index (χ0v) is 17.3. The zero-order valence-electron chi connectivity index (χ0n) is 15.0. The fourth-order valence-electron chi connectivity index (χ4n) is 2.59.